The van der Waals surface area contributed by atoms with E-state index in [-0.39, 0.29) is 0 Å². The molecule has 18 heavy (non-hydrogen) atoms. The van der Waals surface area contributed by atoms with Gasteiger partial charge >= 0.3 is 0 Å². The van der Waals surface area contributed by atoms with Gasteiger partial charge in [-0.1, -0.05) is 6.92 Å². The highest BCUT2D eigenvalue weighted by Gasteiger charge is 2.23. The van der Waals surface area contributed by atoms with Crippen molar-refractivity contribution in [3.05, 3.63) is 12.2 Å². The van der Waals surface area contributed by atoms with Crippen LogP contribution in [-0.2, 0) is 6.54 Å². The first-order valence-electron chi connectivity index (χ1n) is 7.09. The van der Waals surface area contributed by atoms with Gasteiger partial charge in [-0.2, -0.15) is 5.10 Å². The zero-order valence-corrected chi connectivity index (χ0v) is 11.5. The van der Waals surface area contributed by atoms with Crippen molar-refractivity contribution in [1.82, 2.24) is 25.4 Å². The molecule has 0 aromatic carbocycles. The minimum atomic E-state index is 0.537. The Balaban J connectivity index is 1.75. The summed E-state index contributed by atoms with van der Waals surface area (Å²) in [5, 5.41) is 10.3. The highest BCUT2D eigenvalue weighted by atomic mass is 15.2. The monoisotopic (exact) mass is 251 g/mol. The maximum absolute atomic E-state index is 4.14. The fourth-order valence-corrected chi connectivity index (χ4v) is 2.76. The van der Waals surface area contributed by atoms with Crippen LogP contribution in [0.2, 0.25) is 0 Å². The van der Waals surface area contributed by atoms with Crippen molar-refractivity contribution in [3.8, 4) is 0 Å². The maximum atomic E-state index is 4.14. The first-order chi connectivity index (χ1) is 8.79. The van der Waals surface area contributed by atoms with Crippen LogP contribution in [0.5, 0.6) is 0 Å². The lowest BCUT2D eigenvalue weighted by Gasteiger charge is -2.35. The normalized spacial score (nSPS) is 23.1. The Labute approximate surface area is 109 Å². The molecule has 2 rings (SSSR count). The van der Waals surface area contributed by atoms with E-state index in [2.05, 4.69) is 39.2 Å². The van der Waals surface area contributed by atoms with Gasteiger partial charge in [-0.05, 0) is 45.2 Å². The fraction of sp³-hybridized carbons (Fsp3) is 0.846. The smallest absolute Gasteiger partial charge is 0.138 e. The summed E-state index contributed by atoms with van der Waals surface area (Å²) < 4.78 is 0. The summed E-state index contributed by atoms with van der Waals surface area (Å²) >= 11 is 0. The zero-order chi connectivity index (χ0) is 12.8. The Hall–Kier alpha value is -0.940. The molecular weight excluding hydrogens is 226 g/mol. The van der Waals surface area contributed by atoms with Crippen LogP contribution in [0.3, 0.4) is 0 Å². The molecule has 5 heteroatoms. The van der Waals surface area contributed by atoms with Crippen LogP contribution in [-0.4, -0.2) is 45.8 Å². The van der Waals surface area contributed by atoms with Crippen LogP contribution < -0.4 is 5.32 Å². The summed E-state index contributed by atoms with van der Waals surface area (Å²) in [6.07, 6.45) is 5.49. The lowest BCUT2D eigenvalue weighted by molar-refractivity contribution is 0.150. The summed E-state index contributed by atoms with van der Waals surface area (Å²) in [4.78, 5) is 6.74. The number of likely N-dealkylation sites (tertiary alicyclic amines) is 1. The van der Waals surface area contributed by atoms with Crippen LogP contribution in [0.4, 0.5) is 0 Å². The molecule has 0 aliphatic carbocycles. The Morgan fingerprint density at radius 2 is 2.50 bits per heavy atom. The Kier molecular flexibility index (Phi) is 5.13. The second-order valence-corrected chi connectivity index (χ2v) is 5.30. The van der Waals surface area contributed by atoms with Crippen LogP contribution in [0, 0.1) is 5.92 Å². The molecule has 1 fully saturated rings. The van der Waals surface area contributed by atoms with Gasteiger partial charge in [0, 0.05) is 12.6 Å². The van der Waals surface area contributed by atoms with Crippen molar-refractivity contribution in [3.63, 3.8) is 0 Å². The molecule has 1 saturated heterocycles. The van der Waals surface area contributed by atoms with E-state index in [0.29, 0.717) is 6.04 Å². The number of aromatic nitrogens is 3. The molecule has 0 spiro atoms. The Morgan fingerprint density at radius 3 is 3.22 bits per heavy atom. The third kappa shape index (κ3) is 3.78. The number of hydrogen-bond acceptors (Lipinski definition) is 4. The summed E-state index contributed by atoms with van der Waals surface area (Å²) in [6.45, 7) is 9.08. The minimum Gasteiger partial charge on any atom is -0.307 e. The predicted molar refractivity (Wildman–Crippen MR) is 72.1 cm³/mol. The number of hydrogen-bond donors (Lipinski definition) is 2. The lowest BCUT2D eigenvalue weighted by atomic mass is 9.91. The van der Waals surface area contributed by atoms with Gasteiger partial charge < -0.3 is 10.2 Å². The van der Waals surface area contributed by atoms with Crippen molar-refractivity contribution in [2.45, 2.75) is 45.7 Å². The lowest BCUT2D eigenvalue weighted by Crippen LogP contribution is -2.44. The number of nitrogens with one attached hydrogen (secondary N) is 2. The first-order valence-corrected chi connectivity index (χ1v) is 7.09. The average Bonchev–Trinajstić information content (AvgIpc) is 2.90. The molecular formula is C13H25N5. The van der Waals surface area contributed by atoms with Crippen LogP contribution >= 0.6 is 0 Å². The number of aromatic amines is 1. The number of H-pyrrole nitrogens is 1. The Bertz CT molecular complexity index is 322. The van der Waals surface area contributed by atoms with Crippen molar-refractivity contribution in [2.75, 3.05) is 19.6 Å². The maximum Gasteiger partial charge on any atom is 0.138 e. The molecule has 2 unspecified atom stereocenters. The molecule has 2 N–H and O–H groups in total. The predicted octanol–water partition coefficient (Wildman–Crippen LogP) is 1.40. The van der Waals surface area contributed by atoms with E-state index in [0.717, 1.165) is 18.3 Å². The standard InChI is InChI=1S/C13H25N5/c1-3-6-18-7-4-5-12(9-18)11(2)14-8-13-15-10-16-17-13/h10-12,14H,3-9H2,1-2H3,(H,15,16,17). The average molecular weight is 251 g/mol. The van der Waals surface area contributed by atoms with Gasteiger partial charge in [0.1, 0.15) is 12.2 Å². The van der Waals surface area contributed by atoms with E-state index in [9.17, 15) is 0 Å². The quantitative estimate of drug-likeness (QED) is 0.802. The van der Waals surface area contributed by atoms with E-state index < -0.39 is 0 Å². The minimum absolute atomic E-state index is 0.537. The number of rotatable bonds is 6. The van der Waals surface area contributed by atoms with Crippen LogP contribution in [0.15, 0.2) is 6.33 Å². The summed E-state index contributed by atoms with van der Waals surface area (Å²) in [7, 11) is 0. The third-order valence-electron chi connectivity index (χ3n) is 3.85. The van der Waals surface area contributed by atoms with Gasteiger partial charge in [0.05, 0.1) is 6.54 Å². The van der Waals surface area contributed by atoms with E-state index in [1.807, 2.05) is 0 Å². The van der Waals surface area contributed by atoms with E-state index >= 15 is 0 Å². The largest absolute Gasteiger partial charge is 0.307 e. The molecule has 1 aromatic rings. The molecule has 1 aliphatic rings. The molecule has 1 aromatic heterocycles. The molecule has 102 valence electrons. The van der Waals surface area contributed by atoms with Gasteiger partial charge in [-0.25, -0.2) is 4.98 Å². The topological polar surface area (TPSA) is 56.8 Å². The molecule has 0 radical (unpaired) electrons. The van der Waals surface area contributed by atoms with Crippen molar-refractivity contribution in [2.24, 2.45) is 5.92 Å². The van der Waals surface area contributed by atoms with E-state index in [4.69, 9.17) is 0 Å². The van der Waals surface area contributed by atoms with Gasteiger partial charge in [0.2, 0.25) is 0 Å². The van der Waals surface area contributed by atoms with Crippen LogP contribution in [0.25, 0.3) is 0 Å². The molecule has 0 bridgehead atoms. The third-order valence-corrected chi connectivity index (χ3v) is 3.85. The SMILES string of the molecule is CCCN1CCCC(C(C)NCc2ncn[nH]2)C1. The van der Waals surface area contributed by atoms with Crippen molar-refractivity contribution >= 4 is 0 Å². The number of nitrogens with zero attached hydrogens (tertiary/aromatic N) is 3. The van der Waals surface area contributed by atoms with Gasteiger partial charge in [0.15, 0.2) is 0 Å². The van der Waals surface area contributed by atoms with Gasteiger partial charge in [-0.3, -0.25) is 5.10 Å². The first kappa shape index (κ1) is 13.5. The molecule has 2 atom stereocenters. The fourth-order valence-electron chi connectivity index (χ4n) is 2.76. The Morgan fingerprint density at radius 1 is 1.61 bits per heavy atom. The van der Waals surface area contributed by atoms with Crippen LogP contribution in [0.1, 0.15) is 38.9 Å². The second kappa shape index (κ2) is 6.85. The zero-order valence-electron chi connectivity index (χ0n) is 11.5. The van der Waals surface area contributed by atoms with E-state index in [1.165, 1.54) is 38.9 Å². The highest BCUT2D eigenvalue weighted by Crippen LogP contribution is 2.19. The molecule has 5 nitrogen and oxygen atoms in total. The second-order valence-electron chi connectivity index (χ2n) is 5.30. The highest BCUT2D eigenvalue weighted by molar-refractivity contribution is 4.84. The summed E-state index contributed by atoms with van der Waals surface area (Å²) in [5.41, 5.74) is 0. The number of piperidine rings is 1. The summed E-state index contributed by atoms with van der Waals surface area (Å²) in [5.74, 6) is 1.68. The summed E-state index contributed by atoms with van der Waals surface area (Å²) in [6, 6.07) is 0.537. The molecule has 2 heterocycles. The van der Waals surface area contributed by atoms with Crippen molar-refractivity contribution in [1.29, 1.82) is 0 Å². The van der Waals surface area contributed by atoms with E-state index in [1.54, 1.807) is 6.33 Å². The molecule has 0 saturated carbocycles. The molecule has 0 amide bonds. The van der Waals surface area contributed by atoms with Gasteiger partial charge in [0.25, 0.3) is 0 Å². The molecule has 1 aliphatic heterocycles. The van der Waals surface area contributed by atoms with Gasteiger partial charge in [-0.15, -0.1) is 0 Å². The van der Waals surface area contributed by atoms with Crippen molar-refractivity contribution < 1.29 is 0 Å².